The first-order valence-electron chi connectivity index (χ1n) is 7.80. The van der Waals surface area contributed by atoms with Gasteiger partial charge in [0.15, 0.2) is 0 Å². The second-order valence-corrected chi connectivity index (χ2v) is 7.40. The van der Waals surface area contributed by atoms with Crippen LogP contribution >= 0.6 is 24.0 Å². The van der Waals surface area contributed by atoms with Crippen LogP contribution in [0.2, 0.25) is 0 Å². The topological polar surface area (TPSA) is 42.4 Å². The predicted octanol–water partition coefficient (Wildman–Crippen LogP) is 4.47. The van der Waals surface area contributed by atoms with Gasteiger partial charge in [-0.05, 0) is 66.4 Å². The summed E-state index contributed by atoms with van der Waals surface area (Å²) >= 11 is 5.99. The van der Waals surface area contributed by atoms with Crippen molar-refractivity contribution in [3.63, 3.8) is 0 Å². The molecule has 1 N–H and O–H groups in total. The Balaban J connectivity index is 1.47. The molecule has 0 saturated heterocycles. The first-order chi connectivity index (χ1) is 11.7. The summed E-state index contributed by atoms with van der Waals surface area (Å²) in [6.45, 7) is 0.291. The molecule has 1 atom stereocenters. The maximum absolute atomic E-state index is 10.1. The summed E-state index contributed by atoms with van der Waals surface area (Å²) in [5.41, 5.74) is 2.27. The van der Waals surface area contributed by atoms with Crippen molar-refractivity contribution in [1.29, 1.82) is 0 Å². The molecule has 1 aromatic carbocycles. The van der Waals surface area contributed by atoms with Gasteiger partial charge in [-0.3, -0.25) is 4.98 Å². The lowest BCUT2D eigenvalue weighted by Crippen LogP contribution is -2.18. The SMILES string of the molecule is O[C@@H](CCc1cccnc1)COc1ccc(-c2ccc(S)s2)cc1. The number of ether oxygens (including phenoxy) is 1. The van der Waals surface area contributed by atoms with E-state index in [4.69, 9.17) is 4.74 Å². The maximum atomic E-state index is 10.1. The van der Waals surface area contributed by atoms with E-state index in [2.05, 4.69) is 23.7 Å². The molecule has 2 aromatic heterocycles. The predicted molar refractivity (Wildman–Crippen MR) is 101 cm³/mol. The Labute approximate surface area is 151 Å². The molecule has 0 aliphatic rings. The van der Waals surface area contributed by atoms with Gasteiger partial charge < -0.3 is 9.84 Å². The van der Waals surface area contributed by atoms with Gasteiger partial charge in [0.05, 0.1) is 10.3 Å². The van der Waals surface area contributed by atoms with Crippen LogP contribution in [0.4, 0.5) is 0 Å². The maximum Gasteiger partial charge on any atom is 0.119 e. The number of aliphatic hydroxyl groups excluding tert-OH is 1. The van der Waals surface area contributed by atoms with Crippen LogP contribution in [-0.2, 0) is 6.42 Å². The lowest BCUT2D eigenvalue weighted by molar-refractivity contribution is 0.100. The largest absolute Gasteiger partial charge is 0.491 e. The Morgan fingerprint density at radius 2 is 1.96 bits per heavy atom. The molecule has 124 valence electrons. The number of aliphatic hydroxyl groups is 1. The Morgan fingerprint density at radius 1 is 1.12 bits per heavy atom. The lowest BCUT2D eigenvalue weighted by Gasteiger charge is -2.12. The average Bonchev–Trinajstić information content (AvgIpc) is 3.06. The monoisotopic (exact) mass is 357 g/mol. The van der Waals surface area contributed by atoms with E-state index in [0.717, 1.165) is 27.5 Å². The molecule has 0 saturated carbocycles. The standard InChI is InChI=1S/C19H19NO2S2/c21-16(6-3-14-2-1-11-20-12-14)13-22-17-7-4-15(5-8-17)18-9-10-19(23)24-18/h1-2,4-5,7-12,16,21,23H,3,6,13H2/t16-/m0/s1. The molecule has 0 amide bonds. The molecular formula is C19H19NO2S2. The Bertz CT molecular complexity index is 757. The molecule has 2 heterocycles. The second-order valence-electron chi connectivity index (χ2n) is 5.53. The number of hydrogen-bond donors (Lipinski definition) is 2. The quantitative estimate of drug-likeness (QED) is 0.613. The molecular weight excluding hydrogens is 338 g/mol. The van der Waals surface area contributed by atoms with Gasteiger partial charge in [0, 0.05) is 17.3 Å². The van der Waals surface area contributed by atoms with Gasteiger partial charge in [-0.1, -0.05) is 6.07 Å². The van der Waals surface area contributed by atoms with Gasteiger partial charge >= 0.3 is 0 Å². The summed E-state index contributed by atoms with van der Waals surface area (Å²) < 4.78 is 6.68. The molecule has 0 aliphatic carbocycles. The summed E-state index contributed by atoms with van der Waals surface area (Å²) in [5.74, 6) is 0.766. The minimum absolute atomic E-state index is 0.291. The smallest absolute Gasteiger partial charge is 0.119 e. The molecule has 0 bridgehead atoms. The summed E-state index contributed by atoms with van der Waals surface area (Å²) in [6.07, 6.45) is 4.53. The van der Waals surface area contributed by atoms with E-state index in [9.17, 15) is 5.11 Å². The molecule has 0 spiro atoms. The van der Waals surface area contributed by atoms with Crippen LogP contribution in [0.5, 0.6) is 5.75 Å². The second kappa shape index (κ2) is 8.33. The van der Waals surface area contributed by atoms with Crippen LogP contribution in [-0.4, -0.2) is 22.8 Å². The first-order valence-corrected chi connectivity index (χ1v) is 9.06. The number of pyridine rings is 1. The highest BCUT2D eigenvalue weighted by Gasteiger charge is 2.07. The van der Waals surface area contributed by atoms with Gasteiger partial charge in [0.2, 0.25) is 0 Å². The lowest BCUT2D eigenvalue weighted by atomic mass is 10.1. The molecule has 0 aliphatic heterocycles. The van der Waals surface area contributed by atoms with E-state index >= 15 is 0 Å². The molecule has 5 heteroatoms. The number of thiol groups is 1. The van der Waals surface area contributed by atoms with E-state index in [1.165, 1.54) is 4.88 Å². The van der Waals surface area contributed by atoms with E-state index in [1.54, 1.807) is 17.5 Å². The summed E-state index contributed by atoms with van der Waals surface area (Å²) in [4.78, 5) is 5.26. The first kappa shape index (κ1) is 17.0. The van der Waals surface area contributed by atoms with Crippen LogP contribution in [0.3, 0.4) is 0 Å². The summed E-state index contributed by atoms with van der Waals surface area (Å²) in [7, 11) is 0. The zero-order chi connectivity index (χ0) is 16.8. The molecule has 0 unspecified atom stereocenters. The Morgan fingerprint density at radius 3 is 2.62 bits per heavy atom. The van der Waals surface area contributed by atoms with Gasteiger partial charge in [-0.15, -0.1) is 24.0 Å². The number of hydrogen-bond acceptors (Lipinski definition) is 5. The van der Waals surface area contributed by atoms with Gasteiger partial charge in [0.1, 0.15) is 12.4 Å². The fraction of sp³-hybridized carbons (Fsp3) is 0.211. The summed E-state index contributed by atoms with van der Waals surface area (Å²) in [5, 5.41) is 10.1. The number of rotatable bonds is 7. The highest BCUT2D eigenvalue weighted by Crippen LogP contribution is 2.30. The average molecular weight is 358 g/mol. The zero-order valence-electron chi connectivity index (χ0n) is 13.1. The van der Waals surface area contributed by atoms with Crippen LogP contribution in [0.25, 0.3) is 10.4 Å². The zero-order valence-corrected chi connectivity index (χ0v) is 14.8. The van der Waals surface area contributed by atoms with Crippen LogP contribution in [0.1, 0.15) is 12.0 Å². The molecule has 3 rings (SSSR count). The number of aryl methyl sites for hydroxylation is 1. The van der Waals surface area contributed by atoms with Crippen molar-refractivity contribution >= 4 is 24.0 Å². The number of thiophene rings is 1. The normalized spacial score (nSPS) is 12.1. The van der Waals surface area contributed by atoms with Crippen molar-refractivity contribution in [3.8, 4) is 16.2 Å². The van der Waals surface area contributed by atoms with E-state index in [-0.39, 0.29) is 0 Å². The molecule has 0 radical (unpaired) electrons. The number of benzene rings is 1. The molecule has 24 heavy (non-hydrogen) atoms. The van der Waals surface area contributed by atoms with Crippen molar-refractivity contribution in [2.45, 2.75) is 23.2 Å². The van der Waals surface area contributed by atoms with Gasteiger partial charge in [-0.25, -0.2) is 0 Å². The van der Waals surface area contributed by atoms with E-state index < -0.39 is 6.10 Å². The van der Waals surface area contributed by atoms with Crippen molar-refractivity contribution in [2.75, 3.05) is 6.61 Å². The molecule has 0 fully saturated rings. The van der Waals surface area contributed by atoms with Gasteiger partial charge in [-0.2, -0.15) is 0 Å². The third-order valence-corrected chi connectivity index (χ3v) is 5.02. The minimum Gasteiger partial charge on any atom is -0.491 e. The van der Waals surface area contributed by atoms with Crippen molar-refractivity contribution in [1.82, 2.24) is 4.98 Å². The van der Waals surface area contributed by atoms with E-state index in [1.807, 2.05) is 48.7 Å². The van der Waals surface area contributed by atoms with Crippen LogP contribution in [0.15, 0.2) is 65.1 Å². The fourth-order valence-electron chi connectivity index (χ4n) is 2.35. The van der Waals surface area contributed by atoms with Gasteiger partial charge in [0.25, 0.3) is 0 Å². The fourth-order valence-corrected chi connectivity index (χ4v) is 3.47. The third kappa shape index (κ3) is 4.84. The minimum atomic E-state index is -0.492. The number of nitrogens with zero attached hydrogens (tertiary/aromatic N) is 1. The van der Waals surface area contributed by atoms with Crippen LogP contribution in [0, 0.1) is 0 Å². The Hall–Kier alpha value is -1.82. The third-order valence-electron chi connectivity index (χ3n) is 3.66. The highest BCUT2D eigenvalue weighted by molar-refractivity contribution is 7.83. The van der Waals surface area contributed by atoms with Crippen molar-refractivity contribution < 1.29 is 9.84 Å². The Kier molecular flexibility index (Phi) is 5.91. The number of aromatic nitrogens is 1. The highest BCUT2D eigenvalue weighted by atomic mass is 32.2. The molecule has 3 nitrogen and oxygen atoms in total. The summed E-state index contributed by atoms with van der Waals surface area (Å²) in [6, 6.07) is 15.9. The van der Waals surface area contributed by atoms with Crippen molar-refractivity contribution in [2.24, 2.45) is 0 Å². The van der Waals surface area contributed by atoms with E-state index in [0.29, 0.717) is 13.0 Å². The molecule has 3 aromatic rings. The van der Waals surface area contributed by atoms with Crippen molar-refractivity contribution in [3.05, 3.63) is 66.5 Å². The van der Waals surface area contributed by atoms with Crippen LogP contribution < -0.4 is 4.74 Å².